The minimum Gasteiger partial charge on any atom is -0.488 e. The molecule has 0 saturated carbocycles. The van der Waals surface area contributed by atoms with E-state index in [0.29, 0.717) is 31.5 Å². The lowest BCUT2D eigenvalue weighted by atomic mass is 10.1. The van der Waals surface area contributed by atoms with Crippen LogP contribution in [0.4, 0.5) is 10.5 Å². The molecule has 1 aliphatic rings. The molecule has 1 aliphatic heterocycles. The zero-order valence-electron chi connectivity index (χ0n) is 18.0. The van der Waals surface area contributed by atoms with Gasteiger partial charge in [0.15, 0.2) is 0 Å². The van der Waals surface area contributed by atoms with E-state index in [1.54, 1.807) is 48.5 Å². The zero-order valence-corrected chi connectivity index (χ0v) is 21.9. The Kier molecular flexibility index (Phi) is 8.18. The number of ether oxygens (including phenoxy) is 1. The van der Waals surface area contributed by atoms with Crippen LogP contribution in [0.3, 0.4) is 0 Å². The predicted molar refractivity (Wildman–Crippen MR) is 143 cm³/mol. The fraction of sp³-hybridized carbons (Fsp3) is 0.0800. The molecule has 6 nitrogen and oxygen atoms in total. The summed E-state index contributed by atoms with van der Waals surface area (Å²) in [6.45, 7) is -0.174. The van der Waals surface area contributed by atoms with Gasteiger partial charge in [0.1, 0.15) is 18.9 Å². The number of nitrogens with one attached hydrogen (secondary N) is 1. The lowest BCUT2D eigenvalue weighted by Gasteiger charge is -2.13. The van der Waals surface area contributed by atoms with Gasteiger partial charge in [-0.25, -0.2) is 0 Å². The summed E-state index contributed by atoms with van der Waals surface area (Å²) >= 11 is 16.3. The fourth-order valence-electron chi connectivity index (χ4n) is 3.20. The molecule has 0 bridgehead atoms. The third-order valence-corrected chi connectivity index (χ3v) is 7.43. The number of hydrogen-bond donors (Lipinski definition) is 1. The second-order valence-electron chi connectivity index (χ2n) is 7.36. The number of halogens is 3. The van der Waals surface area contributed by atoms with Crippen molar-refractivity contribution in [3.8, 4) is 5.75 Å². The smallest absolute Gasteiger partial charge is 0.294 e. The minimum atomic E-state index is -0.551. The highest BCUT2D eigenvalue weighted by Crippen LogP contribution is 2.34. The highest BCUT2D eigenvalue weighted by Gasteiger charge is 2.36. The standard InChI is InChI=1S/C25H17BrCl2N2O4S/c26-18-10-9-17(12-20(18)28)29-23(31)13-30-24(32)22(35-25(30)33)11-15-5-2-4-8-21(15)34-14-16-6-1-3-7-19(16)27/h1-12H,13-14H2,(H,29,31)/b22-11+. The van der Waals surface area contributed by atoms with Crippen LogP contribution in [0.1, 0.15) is 11.1 Å². The van der Waals surface area contributed by atoms with Gasteiger partial charge < -0.3 is 10.1 Å². The van der Waals surface area contributed by atoms with Crippen LogP contribution in [-0.4, -0.2) is 28.5 Å². The number of rotatable bonds is 7. The van der Waals surface area contributed by atoms with Crippen LogP contribution in [0, 0.1) is 0 Å². The monoisotopic (exact) mass is 590 g/mol. The van der Waals surface area contributed by atoms with Gasteiger partial charge in [0, 0.05) is 26.3 Å². The zero-order chi connectivity index (χ0) is 24.9. The quantitative estimate of drug-likeness (QED) is 0.299. The third kappa shape index (κ3) is 6.27. The molecule has 35 heavy (non-hydrogen) atoms. The Hall–Kier alpha value is -2.78. The molecular weight excluding hydrogens is 575 g/mol. The Morgan fingerprint density at radius 2 is 1.77 bits per heavy atom. The van der Waals surface area contributed by atoms with Crippen molar-refractivity contribution in [2.24, 2.45) is 0 Å². The largest absolute Gasteiger partial charge is 0.488 e. The Morgan fingerprint density at radius 3 is 2.54 bits per heavy atom. The van der Waals surface area contributed by atoms with Crippen LogP contribution in [0.2, 0.25) is 10.0 Å². The van der Waals surface area contributed by atoms with Crippen molar-refractivity contribution in [2.45, 2.75) is 6.61 Å². The summed E-state index contributed by atoms with van der Waals surface area (Å²) in [7, 11) is 0. The Balaban J connectivity index is 1.45. The molecule has 1 saturated heterocycles. The van der Waals surface area contributed by atoms with Gasteiger partial charge in [-0.05, 0) is 64.1 Å². The van der Waals surface area contributed by atoms with Crippen molar-refractivity contribution in [1.29, 1.82) is 0 Å². The maximum absolute atomic E-state index is 12.9. The van der Waals surface area contributed by atoms with Gasteiger partial charge in [-0.3, -0.25) is 19.3 Å². The van der Waals surface area contributed by atoms with Gasteiger partial charge >= 0.3 is 0 Å². The molecule has 0 radical (unpaired) electrons. The summed E-state index contributed by atoms with van der Waals surface area (Å²) in [6, 6.07) is 19.4. The van der Waals surface area contributed by atoms with Crippen molar-refractivity contribution in [3.63, 3.8) is 0 Å². The molecule has 1 heterocycles. The van der Waals surface area contributed by atoms with E-state index in [2.05, 4.69) is 21.2 Å². The fourth-order valence-corrected chi connectivity index (χ4v) is 4.64. The molecule has 0 atom stereocenters. The van der Waals surface area contributed by atoms with E-state index in [1.807, 2.05) is 24.3 Å². The van der Waals surface area contributed by atoms with Gasteiger partial charge in [-0.15, -0.1) is 0 Å². The van der Waals surface area contributed by atoms with E-state index in [-0.39, 0.29) is 11.5 Å². The number of carbonyl (C=O) groups excluding carboxylic acids is 3. The number of carbonyl (C=O) groups is 3. The van der Waals surface area contributed by atoms with E-state index in [0.717, 1.165) is 22.2 Å². The summed E-state index contributed by atoms with van der Waals surface area (Å²) in [6.07, 6.45) is 1.58. The molecule has 1 N–H and O–H groups in total. The number of para-hydroxylation sites is 1. The summed E-state index contributed by atoms with van der Waals surface area (Å²) in [5.74, 6) is -0.538. The molecule has 10 heteroatoms. The van der Waals surface area contributed by atoms with Crippen molar-refractivity contribution in [1.82, 2.24) is 4.90 Å². The Morgan fingerprint density at radius 1 is 1.03 bits per heavy atom. The van der Waals surface area contributed by atoms with Crippen LogP contribution in [0.5, 0.6) is 5.75 Å². The van der Waals surface area contributed by atoms with Crippen LogP contribution in [-0.2, 0) is 16.2 Å². The van der Waals surface area contributed by atoms with Crippen LogP contribution in [0.25, 0.3) is 6.08 Å². The molecule has 0 aliphatic carbocycles. The SMILES string of the molecule is O=C(CN1C(=O)S/C(=C/c2ccccc2OCc2ccccc2Cl)C1=O)Nc1ccc(Br)c(Cl)c1. The third-order valence-electron chi connectivity index (χ3n) is 4.93. The molecule has 0 spiro atoms. The van der Waals surface area contributed by atoms with Crippen molar-refractivity contribution >= 4 is 79.7 Å². The summed E-state index contributed by atoms with van der Waals surface area (Å²) in [4.78, 5) is 38.9. The van der Waals surface area contributed by atoms with Crippen LogP contribution in [0.15, 0.2) is 76.1 Å². The second-order valence-corrected chi connectivity index (χ2v) is 10.0. The molecule has 0 unspecified atom stereocenters. The first-order valence-electron chi connectivity index (χ1n) is 10.3. The average Bonchev–Trinajstić information content (AvgIpc) is 3.09. The van der Waals surface area contributed by atoms with E-state index in [9.17, 15) is 14.4 Å². The highest BCUT2D eigenvalue weighted by atomic mass is 79.9. The number of imide groups is 1. The van der Waals surface area contributed by atoms with Gasteiger partial charge in [-0.2, -0.15) is 0 Å². The van der Waals surface area contributed by atoms with Crippen molar-refractivity contribution < 1.29 is 19.1 Å². The first-order valence-corrected chi connectivity index (χ1v) is 12.6. The minimum absolute atomic E-state index is 0.197. The Bertz CT molecular complexity index is 1350. The number of nitrogens with zero attached hydrogens (tertiary/aromatic N) is 1. The maximum atomic E-state index is 12.9. The van der Waals surface area contributed by atoms with Crippen LogP contribution < -0.4 is 10.1 Å². The maximum Gasteiger partial charge on any atom is 0.294 e. The van der Waals surface area contributed by atoms with E-state index in [4.69, 9.17) is 27.9 Å². The van der Waals surface area contributed by atoms with E-state index >= 15 is 0 Å². The topological polar surface area (TPSA) is 75.7 Å². The number of thioether (sulfide) groups is 1. The molecule has 4 rings (SSSR count). The van der Waals surface area contributed by atoms with Gasteiger partial charge in [-0.1, -0.05) is 59.6 Å². The van der Waals surface area contributed by atoms with Crippen molar-refractivity contribution in [3.05, 3.63) is 97.3 Å². The van der Waals surface area contributed by atoms with Gasteiger partial charge in [0.2, 0.25) is 5.91 Å². The van der Waals surface area contributed by atoms with Crippen molar-refractivity contribution in [2.75, 3.05) is 11.9 Å². The average molecular weight is 592 g/mol. The van der Waals surface area contributed by atoms with Gasteiger partial charge in [0.05, 0.1) is 9.93 Å². The molecule has 178 valence electrons. The summed E-state index contributed by atoms with van der Waals surface area (Å²) in [5.41, 5.74) is 1.90. The molecule has 0 aromatic heterocycles. The van der Waals surface area contributed by atoms with E-state index in [1.165, 1.54) is 0 Å². The van der Waals surface area contributed by atoms with Crippen LogP contribution >= 0.6 is 50.9 Å². The molecule has 1 fully saturated rings. The molecule has 3 aromatic carbocycles. The summed E-state index contributed by atoms with van der Waals surface area (Å²) in [5, 5.41) is 3.13. The number of anilines is 1. The molecular formula is C25H17BrCl2N2O4S. The first-order chi connectivity index (χ1) is 16.8. The summed E-state index contributed by atoms with van der Waals surface area (Å²) < 4.78 is 6.61. The lowest BCUT2D eigenvalue weighted by Crippen LogP contribution is -2.36. The number of amides is 3. The lowest BCUT2D eigenvalue weighted by molar-refractivity contribution is -0.127. The number of hydrogen-bond acceptors (Lipinski definition) is 5. The molecule has 3 aromatic rings. The second kappa shape index (κ2) is 11.3. The van der Waals surface area contributed by atoms with Gasteiger partial charge in [0.25, 0.3) is 11.1 Å². The highest BCUT2D eigenvalue weighted by molar-refractivity contribution is 9.10. The Labute approximate surface area is 224 Å². The number of benzene rings is 3. The normalized spacial score (nSPS) is 14.5. The molecule has 3 amide bonds. The first kappa shape index (κ1) is 25.3. The van der Waals surface area contributed by atoms with E-state index < -0.39 is 23.6 Å². The predicted octanol–water partition coefficient (Wildman–Crippen LogP) is 7.01.